The number of amides is 2. The van der Waals surface area contributed by atoms with Crippen molar-refractivity contribution in [2.45, 2.75) is 20.8 Å². The summed E-state index contributed by atoms with van der Waals surface area (Å²) < 4.78 is 16.8. The summed E-state index contributed by atoms with van der Waals surface area (Å²) in [5.74, 6) is -0.333. The summed E-state index contributed by atoms with van der Waals surface area (Å²) in [4.78, 5) is 35.7. The molecule has 0 aliphatic heterocycles. The predicted octanol–water partition coefficient (Wildman–Crippen LogP) is 2.91. The van der Waals surface area contributed by atoms with Crippen molar-refractivity contribution >= 4 is 23.2 Å². The molecule has 0 spiro atoms. The van der Waals surface area contributed by atoms with Gasteiger partial charge in [-0.05, 0) is 39.0 Å². The van der Waals surface area contributed by atoms with Gasteiger partial charge in [-0.1, -0.05) is 0 Å². The van der Waals surface area contributed by atoms with Crippen LogP contribution in [0.15, 0.2) is 30.3 Å². The van der Waals surface area contributed by atoms with Crippen molar-refractivity contribution in [3.63, 3.8) is 0 Å². The second-order valence-electron chi connectivity index (χ2n) is 6.25. The lowest BCUT2D eigenvalue weighted by Crippen LogP contribution is -2.41. The molecule has 2 aromatic carbocycles. The first-order chi connectivity index (χ1) is 15.4. The number of benzene rings is 2. The van der Waals surface area contributed by atoms with E-state index in [0.29, 0.717) is 42.8 Å². The molecule has 2 rings (SSSR count). The number of hydrazine groups is 1. The Balaban J connectivity index is 2.26. The van der Waals surface area contributed by atoms with Crippen LogP contribution in [-0.2, 0) is 0 Å². The van der Waals surface area contributed by atoms with E-state index < -0.39 is 16.7 Å². The molecule has 11 heteroatoms. The van der Waals surface area contributed by atoms with Crippen LogP contribution in [0.4, 0.5) is 11.4 Å². The van der Waals surface area contributed by atoms with E-state index in [-0.39, 0.29) is 16.8 Å². The van der Waals surface area contributed by atoms with E-state index in [1.807, 2.05) is 6.92 Å². The second kappa shape index (κ2) is 11.4. The van der Waals surface area contributed by atoms with Gasteiger partial charge in [0.05, 0.1) is 30.3 Å². The van der Waals surface area contributed by atoms with Crippen molar-refractivity contribution < 1.29 is 28.7 Å². The molecule has 0 unspecified atom stereocenters. The minimum atomic E-state index is -0.729. The number of nitro groups is 1. The lowest BCUT2D eigenvalue weighted by Gasteiger charge is -2.17. The zero-order valence-corrected chi connectivity index (χ0v) is 18.3. The Labute approximate surface area is 185 Å². The van der Waals surface area contributed by atoms with Gasteiger partial charge in [-0.15, -0.1) is 0 Å². The van der Waals surface area contributed by atoms with Crippen LogP contribution in [0.25, 0.3) is 0 Å². The Bertz CT molecular complexity index is 967. The van der Waals surface area contributed by atoms with Crippen molar-refractivity contribution in [1.29, 1.82) is 0 Å². The number of carbonyl (C=O) groups is 2. The minimum absolute atomic E-state index is 0.00120. The molecule has 172 valence electrons. The predicted molar refractivity (Wildman–Crippen MR) is 118 cm³/mol. The van der Waals surface area contributed by atoms with Crippen LogP contribution in [0.2, 0.25) is 0 Å². The number of carbonyl (C=O) groups excluding carboxylic acids is 2. The Morgan fingerprint density at radius 2 is 1.47 bits per heavy atom. The number of non-ortho nitro benzene ring substituents is 1. The second-order valence-corrected chi connectivity index (χ2v) is 6.25. The van der Waals surface area contributed by atoms with Gasteiger partial charge in [0.2, 0.25) is 5.75 Å². The van der Waals surface area contributed by atoms with Gasteiger partial charge >= 0.3 is 0 Å². The molecule has 0 aliphatic rings. The molecular weight excluding hydrogens is 420 g/mol. The van der Waals surface area contributed by atoms with Crippen LogP contribution in [0.5, 0.6) is 17.2 Å². The van der Waals surface area contributed by atoms with Crippen molar-refractivity contribution in [1.82, 2.24) is 10.9 Å². The Hall–Kier alpha value is -4.02. The van der Waals surface area contributed by atoms with Crippen LogP contribution in [-0.4, -0.2) is 43.6 Å². The van der Waals surface area contributed by atoms with Gasteiger partial charge in [0, 0.05) is 30.4 Å². The monoisotopic (exact) mass is 446 g/mol. The van der Waals surface area contributed by atoms with Crippen LogP contribution in [0.1, 0.15) is 41.5 Å². The SMILES string of the molecule is CCOc1cc(C(=O)NNC(=O)c2cc([N+](=O)[O-])ccc2NC)cc(OCC)c1OCC. The minimum Gasteiger partial charge on any atom is -0.490 e. The highest BCUT2D eigenvalue weighted by atomic mass is 16.6. The third-order valence-electron chi connectivity index (χ3n) is 4.19. The van der Waals surface area contributed by atoms with Gasteiger partial charge in [-0.25, -0.2) is 0 Å². The number of nitrogens with zero attached hydrogens (tertiary/aromatic N) is 1. The maximum absolute atomic E-state index is 12.7. The number of rotatable bonds is 10. The van der Waals surface area contributed by atoms with Gasteiger partial charge in [-0.2, -0.15) is 0 Å². The molecule has 11 nitrogen and oxygen atoms in total. The summed E-state index contributed by atoms with van der Waals surface area (Å²) in [5, 5.41) is 13.8. The summed E-state index contributed by atoms with van der Waals surface area (Å²) >= 11 is 0. The first kappa shape index (κ1) is 24.3. The fourth-order valence-electron chi connectivity index (χ4n) is 2.82. The third-order valence-corrected chi connectivity index (χ3v) is 4.19. The van der Waals surface area contributed by atoms with E-state index in [2.05, 4.69) is 16.2 Å². The van der Waals surface area contributed by atoms with E-state index in [9.17, 15) is 19.7 Å². The molecule has 2 amide bonds. The fourth-order valence-corrected chi connectivity index (χ4v) is 2.82. The molecule has 0 fully saturated rings. The zero-order valence-electron chi connectivity index (χ0n) is 18.3. The smallest absolute Gasteiger partial charge is 0.272 e. The molecule has 0 aliphatic carbocycles. The molecule has 0 atom stereocenters. The summed E-state index contributed by atoms with van der Waals surface area (Å²) in [6.45, 7) is 6.46. The van der Waals surface area contributed by atoms with E-state index in [0.717, 1.165) is 6.07 Å². The van der Waals surface area contributed by atoms with Gasteiger partial charge in [0.25, 0.3) is 17.5 Å². The van der Waals surface area contributed by atoms with Crippen molar-refractivity contribution in [2.75, 3.05) is 32.2 Å². The Kier molecular flexibility index (Phi) is 8.63. The molecule has 0 bridgehead atoms. The first-order valence-electron chi connectivity index (χ1n) is 9.99. The molecule has 0 aromatic heterocycles. The summed E-state index contributed by atoms with van der Waals surface area (Å²) in [5.41, 5.74) is 4.83. The van der Waals surface area contributed by atoms with Gasteiger partial charge in [0.1, 0.15) is 0 Å². The third kappa shape index (κ3) is 5.78. The molecule has 2 aromatic rings. The molecule has 32 heavy (non-hydrogen) atoms. The molecule has 0 saturated heterocycles. The lowest BCUT2D eigenvalue weighted by atomic mass is 10.1. The van der Waals surface area contributed by atoms with Gasteiger partial charge in [-0.3, -0.25) is 30.6 Å². The quantitative estimate of drug-likeness (QED) is 0.374. The van der Waals surface area contributed by atoms with Crippen LogP contribution >= 0.6 is 0 Å². The number of nitro benzene ring substituents is 1. The number of hydrogen-bond acceptors (Lipinski definition) is 8. The first-order valence-corrected chi connectivity index (χ1v) is 9.99. The average molecular weight is 446 g/mol. The van der Waals surface area contributed by atoms with E-state index in [1.54, 1.807) is 20.9 Å². The molecule has 0 heterocycles. The maximum atomic E-state index is 12.7. The summed E-state index contributed by atoms with van der Waals surface area (Å²) in [6.07, 6.45) is 0. The molecule has 0 saturated carbocycles. The van der Waals surface area contributed by atoms with Gasteiger partial charge in [0.15, 0.2) is 11.5 Å². The molecular formula is C21H26N4O7. The normalized spacial score (nSPS) is 10.1. The number of anilines is 1. The Morgan fingerprint density at radius 1 is 0.906 bits per heavy atom. The Morgan fingerprint density at radius 3 is 1.97 bits per heavy atom. The van der Waals surface area contributed by atoms with Gasteiger partial charge < -0.3 is 19.5 Å². The van der Waals surface area contributed by atoms with Crippen LogP contribution in [0, 0.1) is 10.1 Å². The van der Waals surface area contributed by atoms with Crippen LogP contribution in [0.3, 0.4) is 0 Å². The van der Waals surface area contributed by atoms with Crippen molar-refractivity contribution in [3.8, 4) is 17.2 Å². The average Bonchev–Trinajstić information content (AvgIpc) is 2.78. The lowest BCUT2D eigenvalue weighted by molar-refractivity contribution is -0.384. The van der Waals surface area contributed by atoms with E-state index in [4.69, 9.17) is 14.2 Å². The summed E-state index contributed by atoms with van der Waals surface area (Å²) in [6, 6.07) is 6.75. The zero-order chi connectivity index (χ0) is 23.7. The fraction of sp³-hybridized carbons (Fsp3) is 0.333. The van der Waals surface area contributed by atoms with E-state index >= 15 is 0 Å². The highest BCUT2D eigenvalue weighted by molar-refractivity contribution is 6.03. The number of hydrogen-bond donors (Lipinski definition) is 3. The molecule has 3 N–H and O–H groups in total. The van der Waals surface area contributed by atoms with Crippen molar-refractivity contribution in [2.24, 2.45) is 0 Å². The standard InChI is InChI=1S/C21H26N4O7/c1-5-30-17-10-13(11-18(31-6-2)19(17)32-7-3)20(26)23-24-21(27)15-12-14(25(28)29)8-9-16(15)22-4/h8-12,22H,5-7H2,1-4H3,(H,23,26)(H,24,27). The topological polar surface area (TPSA) is 141 Å². The summed E-state index contributed by atoms with van der Waals surface area (Å²) in [7, 11) is 1.57. The maximum Gasteiger partial charge on any atom is 0.272 e. The molecule has 0 radical (unpaired) electrons. The highest BCUT2D eigenvalue weighted by Gasteiger charge is 2.20. The number of ether oxygens (including phenoxy) is 3. The van der Waals surface area contributed by atoms with E-state index in [1.165, 1.54) is 24.3 Å². The highest BCUT2D eigenvalue weighted by Crippen LogP contribution is 2.39. The van der Waals surface area contributed by atoms with Crippen LogP contribution < -0.4 is 30.4 Å². The number of nitrogens with one attached hydrogen (secondary N) is 3. The largest absolute Gasteiger partial charge is 0.490 e. The van der Waals surface area contributed by atoms with Crippen molar-refractivity contribution in [3.05, 3.63) is 51.6 Å².